The predicted octanol–water partition coefficient (Wildman–Crippen LogP) is 5.79. The monoisotopic (exact) mass is 486 g/mol. The Morgan fingerprint density at radius 2 is 1.60 bits per heavy atom. The molecule has 0 radical (unpaired) electrons. The average molecular weight is 487 g/mol. The van der Waals surface area contributed by atoms with Crippen LogP contribution < -0.4 is 9.64 Å². The zero-order chi connectivity index (χ0) is 24.6. The number of amides is 1. The summed E-state index contributed by atoms with van der Waals surface area (Å²) in [7, 11) is 0. The lowest BCUT2D eigenvalue weighted by Gasteiger charge is -2.26. The van der Waals surface area contributed by atoms with Gasteiger partial charge < -0.3 is 9.64 Å². The van der Waals surface area contributed by atoms with Crippen LogP contribution in [-0.2, 0) is 11.2 Å². The minimum atomic E-state index is 0.0297. The average Bonchev–Trinajstić information content (AvgIpc) is 3.27. The largest absolute Gasteiger partial charge is 0.494 e. The van der Waals surface area contributed by atoms with E-state index in [2.05, 4.69) is 22.3 Å². The van der Waals surface area contributed by atoms with E-state index in [0.29, 0.717) is 18.2 Å². The van der Waals surface area contributed by atoms with Gasteiger partial charge in [-0.25, -0.2) is 0 Å². The van der Waals surface area contributed by atoms with Crippen molar-refractivity contribution in [3.63, 3.8) is 0 Å². The number of carbonyl (C=O) groups is 1. The third-order valence-electron chi connectivity index (χ3n) is 5.46. The van der Waals surface area contributed by atoms with E-state index >= 15 is 0 Å². The molecule has 0 saturated carbocycles. The Balaban J connectivity index is 1.60. The summed E-state index contributed by atoms with van der Waals surface area (Å²) in [6.07, 6.45) is 0.637. The lowest BCUT2D eigenvalue weighted by Crippen LogP contribution is -2.38. The summed E-state index contributed by atoms with van der Waals surface area (Å²) in [5.41, 5.74) is 2.98. The lowest BCUT2D eigenvalue weighted by molar-refractivity contribution is -0.116. The second kappa shape index (κ2) is 11.7. The fraction of sp³-hybridized carbons (Fsp3) is 0.250. The van der Waals surface area contributed by atoms with Crippen molar-refractivity contribution >= 4 is 23.4 Å². The highest BCUT2D eigenvalue weighted by molar-refractivity contribution is 7.99. The van der Waals surface area contributed by atoms with Crippen LogP contribution in [0.4, 0.5) is 5.69 Å². The van der Waals surface area contributed by atoms with Gasteiger partial charge in [-0.2, -0.15) is 0 Å². The third-order valence-corrected chi connectivity index (χ3v) is 6.37. The Hall–Kier alpha value is -3.58. The zero-order valence-electron chi connectivity index (χ0n) is 20.3. The van der Waals surface area contributed by atoms with Crippen LogP contribution in [-0.4, -0.2) is 39.1 Å². The number of nitrogens with zero attached hydrogens (tertiary/aromatic N) is 4. The van der Waals surface area contributed by atoms with Crippen molar-refractivity contribution in [2.75, 3.05) is 17.3 Å². The first-order valence-corrected chi connectivity index (χ1v) is 12.8. The SMILES string of the molecule is CCOc1ccc(-n2c(Cc3ccccc3)nnc2SCC(=O)N(c2ccccc2)C(C)C)cc1. The number of carbonyl (C=O) groups excluding carboxylic acids is 1. The van der Waals surface area contributed by atoms with E-state index in [1.165, 1.54) is 11.8 Å². The molecule has 1 amide bonds. The molecule has 0 fully saturated rings. The number of aromatic nitrogens is 3. The van der Waals surface area contributed by atoms with Crippen LogP contribution in [0.2, 0.25) is 0 Å². The van der Waals surface area contributed by atoms with Crippen molar-refractivity contribution in [1.29, 1.82) is 0 Å². The fourth-order valence-electron chi connectivity index (χ4n) is 3.92. The predicted molar refractivity (Wildman–Crippen MR) is 142 cm³/mol. The summed E-state index contributed by atoms with van der Waals surface area (Å²) in [4.78, 5) is 15.1. The van der Waals surface area contributed by atoms with E-state index in [9.17, 15) is 4.79 Å². The molecule has 0 saturated heterocycles. The minimum Gasteiger partial charge on any atom is -0.494 e. The number of hydrogen-bond donors (Lipinski definition) is 0. The van der Waals surface area contributed by atoms with Crippen LogP contribution in [0.3, 0.4) is 0 Å². The topological polar surface area (TPSA) is 60.2 Å². The molecule has 35 heavy (non-hydrogen) atoms. The number of benzene rings is 3. The van der Waals surface area contributed by atoms with Crippen LogP contribution in [0.15, 0.2) is 90.1 Å². The Bertz CT molecular complexity index is 1230. The van der Waals surface area contributed by atoms with Gasteiger partial charge in [0, 0.05) is 23.8 Å². The molecule has 1 aromatic heterocycles. The third kappa shape index (κ3) is 6.11. The van der Waals surface area contributed by atoms with Gasteiger partial charge in [-0.3, -0.25) is 9.36 Å². The summed E-state index contributed by atoms with van der Waals surface area (Å²) < 4.78 is 7.64. The molecule has 0 aliphatic carbocycles. The van der Waals surface area contributed by atoms with Crippen molar-refractivity contribution in [2.45, 2.75) is 38.4 Å². The van der Waals surface area contributed by atoms with Crippen molar-refractivity contribution in [3.8, 4) is 11.4 Å². The molecule has 0 spiro atoms. The normalized spacial score (nSPS) is 11.0. The molecule has 0 unspecified atom stereocenters. The fourth-order valence-corrected chi connectivity index (χ4v) is 4.75. The van der Waals surface area contributed by atoms with Gasteiger partial charge in [-0.15, -0.1) is 10.2 Å². The van der Waals surface area contributed by atoms with Crippen LogP contribution in [0.5, 0.6) is 5.75 Å². The van der Waals surface area contributed by atoms with Gasteiger partial charge in [0.05, 0.1) is 12.4 Å². The van der Waals surface area contributed by atoms with Gasteiger partial charge in [-0.1, -0.05) is 60.3 Å². The van der Waals surface area contributed by atoms with Crippen LogP contribution >= 0.6 is 11.8 Å². The number of anilines is 1. The molecular formula is C28H30N4O2S. The van der Waals surface area contributed by atoms with Crippen molar-refractivity contribution in [1.82, 2.24) is 14.8 Å². The molecule has 6 nitrogen and oxygen atoms in total. The first kappa shape index (κ1) is 24.5. The standard InChI is InChI=1S/C28H30N4O2S/c1-4-34-25-17-15-24(16-18-25)32-26(19-22-11-7-5-8-12-22)29-30-28(32)35-20-27(33)31(21(2)3)23-13-9-6-10-14-23/h5-18,21H,4,19-20H2,1-3H3. The summed E-state index contributed by atoms with van der Waals surface area (Å²) in [5.74, 6) is 1.92. The van der Waals surface area contributed by atoms with Crippen molar-refractivity contribution in [3.05, 3.63) is 96.3 Å². The minimum absolute atomic E-state index is 0.0297. The first-order chi connectivity index (χ1) is 17.1. The maximum atomic E-state index is 13.3. The van der Waals surface area contributed by atoms with Crippen LogP contribution in [0.25, 0.3) is 5.69 Å². The van der Waals surface area contributed by atoms with Crippen molar-refractivity contribution in [2.24, 2.45) is 0 Å². The molecule has 1 heterocycles. The second-order valence-electron chi connectivity index (χ2n) is 8.31. The number of hydrogen-bond acceptors (Lipinski definition) is 5. The van der Waals surface area contributed by atoms with Gasteiger partial charge >= 0.3 is 0 Å². The quantitative estimate of drug-likeness (QED) is 0.266. The van der Waals surface area contributed by atoms with E-state index in [1.54, 1.807) is 0 Å². The molecule has 7 heteroatoms. The number of thioether (sulfide) groups is 1. The highest BCUT2D eigenvalue weighted by Gasteiger charge is 2.22. The van der Waals surface area contributed by atoms with Crippen LogP contribution in [0.1, 0.15) is 32.2 Å². The molecule has 0 atom stereocenters. The van der Waals surface area contributed by atoms with Crippen LogP contribution in [0, 0.1) is 0 Å². The number of para-hydroxylation sites is 1. The molecule has 4 aromatic rings. The molecule has 0 N–H and O–H groups in total. The maximum absolute atomic E-state index is 13.3. The van der Waals surface area contributed by atoms with Gasteiger partial charge in [0.2, 0.25) is 5.91 Å². The first-order valence-electron chi connectivity index (χ1n) is 11.8. The Morgan fingerprint density at radius 1 is 0.943 bits per heavy atom. The Morgan fingerprint density at radius 3 is 2.23 bits per heavy atom. The molecule has 0 bridgehead atoms. The molecule has 0 aliphatic rings. The molecule has 3 aromatic carbocycles. The van der Waals surface area contributed by atoms with E-state index in [1.807, 2.05) is 103 Å². The molecular weight excluding hydrogens is 456 g/mol. The molecule has 180 valence electrons. The lowest BCUT2D eigenvalue weighted by atomic mass is 10.1. The zero-order valence-corrected chi connectivity index (χ0v) is 21.1. The van der Waals surface area contributed by atoms with Gasteiger partial charge in [0.1, 0.15) is 11.6 Å². The highest BCUT2D eigenvalue weighted by Crippen LogP contribution is 2.26. The van der Waals surface area contributed by atoms with E-state index in [0.717, 1.165) is 28.5 Å². The Labute approximate surface area is 211 Å². The van der Waals surface area contributed by atoms with E-state index in [4.69, 9.17) is 4.74 Å². The number of rotatable bonds is 10. The van der Waals surface area contributed by atoms with E-state index in [-0.39, 0.29) is 17.7 Å². The molecule has 4 rings (SSSR count). The van der Waals surface area contributed by atoms with Gasteiger partial charge in [0.15, 0.2) is 5.16 Å². The van der Waals surface area contributed by atoms with E-state index < -0.39 is 0 Å². The summed E-state index contributed by atoms with van der Waals surface area (Å²) in [6, 6.07) is 27.9. The summed E-state index contributed by atoms with van der Waals surface area (Å²) in [5, 5.41) is 9.65. The summed E-state index contributed by atoms with van der Waals surface area (Å²) in [6.45, 7) is 6.63. The molecule has 0 aliphatic heterocycles. The summed E-state index contributed by atoms with van der Waals surface area (Å²) >= 11 is 1.40. The highest BCUT2D eigenvalue weighted by atomic mass is 32.2. The maximum Gasteiger partial charge on any atom is 0.237 e. The van der Waals surface area contributed by atoms with Crippen molar-refractivity contribution < 1.29 is 9.53 Å². The second-order valence-corrected chi connectivity index (χ2v) is 9.25. The van der Waals surface area contributed by atoms with Gasteiger partial charge in [0.25, 0.3) is 0 Å². The Kier molecular flexibility index (Phi) is 8.21. The smallest absolute Gasteiger partial charge is 0.237 e. The van der Waals surface area contributed by atoms with Gasteiger partial charge in [-0.05, 0) is 62.7 Å². The number of ether oxygens (including phenoxy) is 1.